The van der Waals surface area contributed by atoms with E-state index in [0.29, 0.717) is 6.54 Å². The minimum absolute atomic E-state index is 0.0923. The van der Waals surface area contributed by atoms with E-state index in [2.05, 4.69) is 46.5 Å². The first-order valence-corrected chi connectivity index (χ1v) is 6.59. The summed E-state index contributed by atoms with van der Waals surface area (Å²) in [7, 11) is 0. The van der Waals surface area contributed by atoms with Gasteiger partial charge in [0.1, 0.15) is 0 Å². The molecule has 0 atom stereocenters. The minimum Gasteiger partial charge on any atom is -0.396 e. The van der Waals surface area contributed by atoms with Crippen molar-refractivity contribution in [3.05, 3.63) is 29.3 Å². The van der Waals surface area contributed by atoms with E-state index in [1.807, 2.05) is 13.1 Å². The predicted molar refractivity (Wildman–Crippen MR) is 75.1 cm³/mol. The first-order chi connectivity index (χ1) is 8.93. The molecule has 0 aliphatic rings. The third-order valence-corrected chi connectivity index (χ3v) is 3.35. The maximum Gasteiger partial charge on any atom is 0.234 e. The molecule has 104 valence electrons. The highest BCUT2D eigenvalue weighted by atomic mass is 16.3. The molecule has 0 saturated heterocycles. The second kappa shape index (κ2) is 5.27. The van der Waals surface area contributed by atoms with Crippen molar-refractivity contribution in [2.45, 2.75) is 46.2 Å². The Morgan fingerprint density at radius 2 is 2.11 bits per heavy atom. The summed E-state index contributed by atoms with van der Waals surface area (Å²) in [6.45, 7) is 9.10. The van der Waals surface area contributed by atoms with E-state index in [-0.39, 0.29) is 12.1 Å². The second-order valence-corrected chi connectivity index (χ2v) is 5.63. The molecular formula is C14H22N4O. The van der Waals surface area contributed by atoms with Crippen molar-refractivity contribution in [3.8, 4) is 0 Å². The highest BCUT2D eigenvalue weighted by molar-refractivity contribution is 5.35. The number of aliphatic hydroxyl groups excluding tert-OH is 1. The van der Waals surface area contributed by atoms with Gasteiger partial charge in [-0.1, -0.05) is 0 Å². The van der Waals surface area contributed by atoms with Gasteiger partial charge in [0.05, 0.1) is 11.9 Å². The van der Waals surface area contributed by atoms with Crippen molar-refractivity contribution < 1.29 is 5.11 Å². The van der Waals surface area contributed by atoms with E-state index in [4.69, 9.17) is 5.11 Å². The summed E-state index contributed by atoms with van der Waals surface area (Å²) in [6, 6.07) is 2.05. The van der Waals surface area contributed by atoms with Gasteiger partial charge in [-0.15, -0.1) is 0 Å². The smallest absolute Gasteiger partial charge is 0.234 e. The fraction of sp³-hybridized carbons (Fsp3) is 0.571. The van der Waals surface area contributed by atoms with E-state index >= 15 is 0 Å². The lowest BCUT2D eigenvalue weighted by Crippen LogP contribution is -2.39. The van der Waals surface area contributed by atoms with Gasteiger partial charge in [-0.25, -0.2) is 9.97 Å². The Kier molecular flexibility index (Phi) is 3.87. The molecular weight excluding hydrogens is 240 g/mol. The van der Waals surface area contributed by atoms with Crippen molar-refractivity contribution in [3.63, 3.8) is 0 Å². The van der Waals surface area contributed by atoms with Gasteiger partial charge in [-0.05, 0) is 40.2 Å². The zero-order chi connectivity index (χ0) is 14.0. The summed E-state index contributed by atoms with van der Waals surface area (Å²) in [5, 5.41) is 12.5. The predicted octanol–water partition coefficient (Wildman–Crippen LogP) is 1.60. The van der Waals surface area contributed by atoms with Crippen LogP contribution in [0.15, 0.2) is 12.3 Å². The lowest BCUT2D eigenvalue weighted by atomic mass is 10.0. The van der Waals surface area contributed by atoms with Crippen LogP contribution in [-0.4, -0.2) is 31.6 Å². The first-order valence-electron chi connectivity index (χ1n) is 6.59. The molecule has 0 bridgehead atoms. The number of fused-ring (bicyclic) bond motifs is 1. The molecule has 0 fully saturated rings. The Labute approximate surface area is 113 Å². The number of imidazole rings is 1. The number of nitrogens with one attached hydrogen (secondary N) is 1. The number of aromatic nitrogens is 3. The Morgan fingerprint density at radius 3 is 2.79 bits per heavy atom. The van der Waals surface area contributed by atoms with E-state index in [1.54, 1.807) is 0 Å². The van der Waals surface area contributed by atoms with Crippen molar-refractivity contribution in [1.29, 1.82) is 0 Å². The lowest BCUT2D eigenvalue weighted by Gasteiger charge is -2.25. The SMILES string of the molecule is Cc1cc(C)n2c(CNC(C)(C)CCO)cnc2n1. The van der Waals surface area contributed by atoms with Crippen LogP contribution in [-0.2, 0) is 6.54 Å². The quantitative estimate of drug-likeness (QED) is 0.859. The van der Waals surface area contributed by atoms with Gasteiger partial charge in [0, 0.05) is 30.1 Å². The molecule has 0 radical (unpaired) electrons. The summed E-state index contributed by atoms with van der Waals surface area (Å²) >= 11 is 0. The van der Waals surface area contributed by atoms with Crippen LogP contribution < -0.4 is 5.32 Å². The molecule has 0 amide bonds. The molecule has 0 saturated carbocycles. The fourth-order valence-electron chi connectivity index (χ4n) is 2.22. The van der Waals surface area contributed by atoms with Crippen LogP contribution in [0.3, 0.4) is 0 Å². The van der Waals surface area contributed by atoms with E-state index in [0.717, 1.165) is 29.3 Å². The van der Waals surface area contributed by atoms with Gasteiger partial charge >= 0.3 is 0 Å². The zero-order valence-corrected chi connectivity index (χ0v) is 12.1. The third kappa shape index (κ3) is 3.11. The van der Waals surface area contributed by atoms with Crippen LogP contribution in [0.2, 0.25) is 0 Å². The first kappa shape index (κ1) is 14.0. The average molecular weight is 262 g/mol. The Hall–Kier alpha value is -1.46. The number of hydrogen-bond donors (Lipinski definition) is 2. The number of aryl methyl sites for hydroxylation is 2. The number of nitrogens with zero attached hydrogens (tertiary/aromatic N) is 3. The standard InChI is InChI=1S/C14H22N4O/c1-10-7-11(2)18-12(8-15-13(18)17-10)9-16-14(3,4)5-6-19/h7-8,16,19H,5-6,9H2,1-4H3. The maximum absolute atomic E-state index is 9.04. The second-order valence-electron chi connectivity index (χ2n) is 5.63. The molecule has 0 aliphatic heterocycles. The lowest BCUT2D eigenvalue weighted by molar-refractivity contribution is 0.229. The van der Waals surface area contributed by atoms with Crippen molar-refractivity contribution in [2.24, 2.45) is 0 Å². The molecule has 2 heterocycles. The Bertz CT molecular complexity index is 574. The van der Waals surface area contributed by atoms with Crippen LogP contribution >= 0.6 is 0 Å². The molecule has 2 aromatic rings. The van der Waals surface area contributed by atoms with Gasteiger partial charge in [0.15, 0.2) is 0 Å². The van der Waals surface area contributed by atoms with Crippen molar-refractivity contribution in [2.75, 3.05) is 6.61 Å². The molecule has 2 aromatic heterocycles. The van der Waals surface area contributed by atoms with Crippen LogP contribution in [0.1, 0.15) is 37.4 Å². The van der Waals surface area contributed by atoms with E-state index in [1.165, 1.54) is 0 Å². The van der Waals surface area contributed by atoms with Crippen LogP contribution in [0.5, 0.6) is 0 Å². The van der Waals surface area contributed by atoms with Gasteiger partial charge in [-0.3, -0.25) is 4.40 Å². The maximum atomic E-state index is 9.04. The Balaban J connectivity index is 2.22. The highest BCUT2D eigenvalue weighted by Crippen LogP contribution is 2.13. The van der Waals surface area contributed by atoms with Crippen molar-refractivity contribution in [1.82, 2.24) is 19.7 Å². The molecule has 5 heteroatoms. The summed E-state index contributed by atoms with van der Waals surface area (Å²) in [4.78, 5) is 8.77. The van der Waals surface area contributed by atoms with Crippen LogP contribution in [0.4, 0.5) is 0 Å². The van der Waals surface area contributed by atoms with Crippen molar-refractivity contribution >= 4 is 5.78 Å². The monoisotopic (exact) mass is 262 g/mol. The topological polar surface area (TPSA) is 62.5 Å². The summed E-state index contributed by atoms with van der Waals surface area (Å²) in [6.07, 6.45) is 2.58. The molecule has 2 rings (SSSR count). The van der Waals surface area contributed by atoms with Gasteiger partial charge in [0.2, 0.25) is 5.78 Å². The fourth-order valence-corrected chi connectivity index (χ4v) is 2.22. The molecule has 0 aromatic carbocycles. The summed E-state index contributed by atoms with van der Waals surface area (Å²) < 4.78 is 2.06. The average Bonchev–Trinajstić information content (AvgIpc) is 2.69. The van der Waals surface area contributed by atoms with Crippen LogP contribution in [0.25, 0.3) is 5.78 Å². The minimum atomic E-state index is -0.0923. The largest absolute Gasteiger partial charge is 0.396 e. The molecule has 0 unspecified atom stereocenters. The molecule has 19 heavy (non-hydrogen) atoms. The molecule has 2 N–H and O–H groups in total. The zero-order valence-electron chi connectivity index (χ0n) is 12.1. The van der Waals surface area contributed by atoms with E-state index < -0.39 is 0 Å². The summed E-state index contributed by atoms with van der Waals surface area (Å²) in [5.41, 5.74) is 3.11. The molecule has 0 spiro atoms. The Morgan fingerprint density at radius 1 is 1.37 bits per heavy atom. The molecule has 5 nitrogen and oxygen atoms in total. The number of hydrogen-bond acceptors (Lipinski definition) is 4. The number of rotatable bonds is 5. The van der Waals surface area contributed by atoms with Gasteiger partial charge in [0.25, 0.3) is 0 Å². The number of aliphatic hydroxyl groups is 1. The van der Waals surface area contributed by atoms with Gasteiger partial charge in [-0.2, -0.15) is 0 Å². The normalized spacial score (nSPS) is 12.3. The van der Waals surface area contributed by atoms with Gasteiger partial charge < -0.3 is 10.4 Å². The third-order valence-electron chi connectivity index (χ3n) is 3.35. The highest BCUT2D eigenvalue weighted by Gasteiger charge is 2.17. The summed E-state index contributed by atoms with van der Waals surface area (Å²) in [5.74, 6) is 0.745. The van der Waals surface area contributed by atoms with E-state index in [9.17, 15) is 0 Å². The van der Waals surface area contributed by atoms with Crippen LogP contribution in [0, 0.1) is 13.8 Å². The molecule has 0 aliphatic carbocycles.